The van der Waals surface area contributed by atoms with Crippen molar-refractivity contribution in [2.45, 2.75) is 11.4 Å². The Labute approximate surface area is 176 Å². The number of piperazine rings is 1. The lowest BCUT2D eigenvalue weighted by Gasteiger charge is -2.33. The molecular formula is C17H16Cl2N4O3S2. The molecule has 1 fully saturated rings. The van der Waals surface area contributed by atoms with Crippen molar-refractivity contribution in [2.75, 3.05) is 26.2 Å². The Morgan fingerprint density at radius 2 is 1.89 bits per heavy atom. The van der Waals surface area contributed by atoms with Crippen molar-refractivity contribution in [3.63, 3.8) is 0 Å². The van der Waals surface area contributed by atoms with Crippen LogP contribution in [0.5, 0.6) is 0 Å². The molecule has 1 saturated heterocycles. The van der Waals surface area contributed by atoms with Gasteiger partial charge in [-0.3, -0.25) is 4.90 Å². The van der Waals surface area contributed by atoms with Gasteiger partial charge in [-0.1, -0.05) is 28.4 Å². The van der Waals surface area contributed by atoms with Gasteiger partial charge in [-0.2, -0.15) is 20.6 Å². The summed E-state index contributed by atoms with van der Waals surface area (Å²) in [5, 5.41) is 8.47. The number of hydrogen-bond acceptors (Lipinski definition) is 7. The summed E-state index contributed by atoms with van der Waals surface area (Å²) in [6.45, 7) is 2.40. The monoisotopic (exact) mass is 458 g/mol. The van der Waals surface area contributed by atoms with Crippen LogP contribution in [0.15, 0.2) is 44.4 Å². The van der Waals surface area contributed by atoms with Crippen molar-refractivity contribution < 1.29 is 12.9 Å². The van der Waals surface area contributed by atoms with E-state index < -0.39 is 10.0 Å². The van der Waals surface area contributed by atoms with Crippen molar-refractivity contribution >= 4 is 44.6 Å². The number of aromatic nitrogens is 2. The van der Waals surface area contributed by atoms with Gasteiger partial charge in [0.2, 0.25) is 10.0 Å². The second-order valence-electron chi connectivity index (χ2n) is 6.28. The maximum Gasteiger partial charge on any atom is 0.258 e. The van der Waals surface area contributed by atoms with Crippen molar-refractivity contribution in [1.29, 1.82) is 0 Å². The van der Waals surface area contributed by atoms with Crippen LogP contribution in [-0.4, -0.2) is 53.9 Å². The van der Waals surface area contributed by atoms with Gasteiger partial charge in [0.05, 0.1) is 27.0 Å². The van der Waals surface area contributed by atoms with E-state index in [0.717, 1.165) is 5.56 Å². The number of hydrogen-bond donors (Lipinski definition) is 0. The summed E-state index contributed by atoms with van der Waals surface area (Å²) in [7, 11) is -3.61. The zero-order chi connectivity index (χ0) is 19.7. The molecule has 0 spiro atoms. The van der Waals surface area contributed by atoms with Gasteiger partial charge >= 0.3 is 0 Å². The SMILES string of the molecule is O=S(=O)(c1ccc(Cl)c(Cl)c1)N1CCN(Cc2noc(-c3ccsc3)n2)CC1. The number of nitrogens with zero attached hydrogens (tertiary/aromatic N) is 4. The lowest BCUT2D eigenvalue weighted by molar-refractivity contribution is 0.176. The minimum absolute atomic E-state index is 0.147. The van der Waals surface area contributed by atoms with E-state index in [9.17, 15) is 8.42 Å². The lowest BCUT2D eigenvalue weighted by Crippen LogP contribution is -2.48. The Bertz CT molecular complexity index is 1060. The molecule has 0 saturated carbocycles. The van der Waals surface area contributed by atoms with E-state index in [-0.39, 0.29) is 9.92 Å². The molecule has 1 aliphatic rings. The second-order valence-corrected chi connectivity index (χ2v) is 9.82. The summed E-state index contributed by atoms with van der Waals surface area (Å²) < 4.78 is 32.4. The summed E-state index contributed by atoms with van der Waals surface area (Å²) in [5.41, 5.74) is 0.904. The van der Waals surface area contributed by atoms with E-state index >= 15 is 0 Å². The van der Waals surface area contributed by atoms with Crippen molar-refractivity contribution in [3.05, 3.63) is 50.9 Å². The molecule has 3 aromatic rings. The second kappa shape index (κ2) is 8.10. The molecule has 2 aromatic heterocycles. The van der Waals surface area contributed by atoms with E-state index in [4.69, 9.17) is 27.7 Å². The normalized spacial score (nSPS) is 16.5. The van der Waals surface area contributed by atoms with Crippen LogP contribution >= 0.6 is 34.5 Å². The highest BCUT2D eigenvalue weighted by atomic mass is 35.5. The minimum Gasteiger partial charge on any atom is -0.334 e. The number of benzene rings is 1. The highest BCUT2D eigenvalue weighted by Crippen LogP contribution is 2.27. The van der Waals surface area contributed by atoms with Crippen molar-refractivity contribution in [1.82, 2.24) is 19.3 Å². The molecule has 0 aliphatic carbocycles. The van der Waals surface area contributed by atoms with Gasteiger partial charge in [0, 0.05) is 31.6 Å². The van der Waals surface area contributed by atoms with Crippen LogP contribution in [0.4, 0.5) is 0 Å². The summed E-state index contributed by atoms with van der Waals surface area (Å²) in [6, 6.07) is 6.28. The molecule has 4 rings (SSSR count). The maximum atomic E-state index is 12.8. The molecule has 148 valence electrons. The summed E-state index contributed by atoms with van der Waals surface area (Å²) >= 11 is 13.4. The molecule has 0 amide bonds. The fourth-order valence-corrected chi connectivity index (χ4v) is 5.38. The third-order valence-corrected chi connectivity index (χ3v) is 7.78. The van der Waals surface area contributed by atoms with E-state index in [0.29, 0.717) is 49.5 Å². The molecule has 0 N–H and O–H groups in total. The average molecular weight is 459 g/mol. The zero-order valence-corrected chi connectivity index (χ0v) is 17.7. The van der Waals surface area contributed by atoms with Crippen LogP contribution in [0.2, 0.25) is 10.0 Å². The quantitative estimate of drug-likeness (QED) is 0.580. The topological polar surface area (TPSA) is 79.5 Å². The van der Waals surface area contributed by atoms with E-state index in [2.05, 4.69) is 15.0 Å². The van der Waals surface area contributed by atoms with Gasteiger partial charge in [-0.25, -0.2) is 8.42 Å². The molecule has 0 atom stereocenters. The molecule has 0 radical (unpaired) electrons. The Balaban J connectivity index is 1.38. The maximum absolute atomic E-state index is 12.8. The minimum atomic E-state index is -3.61. The summed E-state index contributed by atoms with van der Waals surface area (Å²) in [6.07, 6.45) is 0. The number of thiophene rings is 1. The van der Waals surface area contributed by atoms with Crippen LogP contribution in [0.1, 0.15) is 5.82 Å². The largest absolute Gasteiger partial charge is 0.334 e. The predicted octanol–water partition coefficient (Wildman–Crippen LogP) is 3.61. The molecule has 0 unspecified atom stereocenters. The number of rotatable bonds is 5. The van der Waals surface area contributed by atoms with Gasteiger partial charge < -0.3 is 4.52 Å². The first-order valence-electron chi connectivity index (χ1n) is 8.46. The summed E-state index contributed by atoms with van der Waals surface area (Å²) in [5.74, 6) is 1.08. The Kier molecular flexibility index (Phi) is 5.73. The molecule has 3 heterocycles. The van der Waals surface area contributed by atoms with E-state index in [1.54, 1.807) is 11.3 Å². The molecule has 28 heavy (non-hydrogen) atoms. The van der Waals surface area contributed by atoms with Crippen LogP contribution < -0.4 is 0 Å². The van der Waals surface area contributed by atoms with Gasteiger partial charge in [0.25, 0.3) is 5.89 Å². The predicted molar refractivity (Wildman–Crippen MR) is 108 cm³/mol. The molecule has 1 aliphatic heterocycles. The first-order valence-corrected chi connectivity index (χ1v) is 11.6. The fraction of sp³-hybridized carbons (Fsp3) is 0.294. The molecular weight excluding hydrogens is 443 g/mol. The Morgan fingerprint density at radius 1 is 1.11 bits per heavy atom. The standard InChI is InChI=1S/C17H16Cl2N4O3S2/c18-14-2-1-13(9-15(14)19)28(24,25)23-6-4-22(5-7-23)10-16-20-17(26-21-16)12-3-8-27-11-12/h1-3,8-9,11H,4-7,10H2. The fourth-order valence-electron chi connectivity index (χ4n) is 2.94. The third kappa shape index (κ3) is 4.10. The third-order valence-electron chi connectivity index (χ3n) is 4.46. The van der Waals surface area contributed by atoms with E-state index in [1.807, 2.05) is 16.8 Å². The molecule has 1 aromatic carbocycles. The van der Waals surface area contributed by atoms with Crippen LogP contribution in [0.25, 0.3) is 11.5 Å². The smallest absolute Gasteiger partial charge is 0.258 e. The Hall–Kier alpha value is -1.49. The summed E-state index contributed by atoms with van der Waals surface area (Å²) in [4.78, 5) is 6.66. The van der Waals surface area contributed by atoms with Gasteiger partial charge in [-0.05, 0) is 29.6 Å². The van der Waals surface area contributed by atoms with Crippen molar-refractivity contribution in [3.8, 4) is 11.5 Å². The molecule has 11 heteroatoms. The van der Waals surface area contributed by atoms with Crippen LogP contribution in [0, 0.1) is 0 Å². The van der Waals surface area contributed by atoms with Crippen LogP contribution in [0.3, 0.4) is 0 Å². The first kappa shape index (κ1) is 19.8. The number of sulfonamides is 1. The van der Waals surface area contributed by atoms with Gasteiger partial charge in [0.15, 0.2) is 5.82 Å². The van der Waals surface area contributed by atoms with E-state index in [1.165, 1.54) is 22.5 Å². The van der Waals surface area contributed by atoms with Crippen LogP contribution in [-0.2, 0) is 16.6 Å². The Morgan fingerprint density at radius 3 is 2.57 bits per heavy atom. The first-order chi connectivity index (χ1) is 13.4. The average Bonchev–Trinajstić information content (AvgIpc) is 3.36. The molecule has 0 bridgehead atoms. The van der Waals surface area contributed by atoms with Gasteiger partial charge in [-0.15, -0.1) is 0 Å². The number of halogens is 2. The lowest BCUT2D eigenvalue weighted by atomic mass is 10.3. The highest BCUT2D eigenvalue weighted by Gasteiger charge is 2.29. The van der Waals surface area contributed by atoms with Crippen molar-refractivity contribution in [2.24, 2.45) is 0 Å². The van der Waals surface area contributed by atoms with Gasteiger partial charge in [0.1, 0.15) is 0 Å². The highest BCUT2D eigenvalue weighted by molar-refractivity contribution is 7.89. The zero-order valence-electron chi connectivity index (χ0n) is 14.6. The molecule has 7 nitrogen and oxygen atoms in total.